The smallest absolute Gasteiger partial charge is 0.332 e. The predicted molar refractivity (Wildman–Crippen MR) is 141 cm³/mol. The minimum Gasteiger partial charge on any atom is -0.463 e. The predicted octanol–water partition coefficient (Wildman–Crippen LogP) is 2.96. The second-order valence-electron chi connectivity index (χ2n) is 9.34. The number of esters is 2. The Balaban J connectivity index is 3.16. The lowest BCUT2D eigenvalue weighted by molar-refractivity contribution is -0.160. The maximum Gasteiger partial charge on any atom is 0.332 e. The molecule has 0 saturated heterocycles. The second-order valence-corrected chi connectivity index (χ2v) is 9.34. The minimum absolute atomic E-state index is 0.0827. The molecule has 0 heterocycles. The van der Waals surface area contributed by atoms with Gasteiger partial charge in [-0.3, -0.25) is 4.79 Å². The molecule has 0 aromatic carbocycles. The molecular weight excluding hydrogens is 500 g/mol. The van der Waals surface area contributed by atoms with Gasteiger partial charge in [0.05, 0.1) is 85.9 Å². The van der Waals surface area contributed by atoms with Crippen molar-refractivity contribution in [1.29, 1.82) is 0 Å². The maximum absolute atomic E-state index is 11.5. The van der Waals surface area contributed by atoms with E-state index >= 15 is 0 Å². The molecule has 226 valence electrons. The highest BCUT2D eigenvalue weighted by molar-refractivity contribution is 5.71. The van der Waals surface area contributed by atoms with Crippen molar-refractivity contribution in [3.05, 3.63) is 0 Å². The summed E-state index contributed by atoms with van der Waals surface area (Å²) in [5.74, 6) is -0.543. The fourth-order valence-electron chi connectivity index (χ4n) is 2.83. The standard InChI is InChI=1S/C27H52O11/c1-5-6-7-8-9-25(28)37-23-22-35-19-18-33-15-14-31-11-10-30-12-13-32-16-17-34-20-21-36-24-26(29)38-27(2,3)4/h5-24H2,1-4H3. The average molecular weight is 553 g/mol. The van der Waals surface area contributed by atoms with E-state index < -0.39 is 5.60 Å². The number of carbonyl (C=O) groups excluding carboxylic acids is 2. The van der Waals surface area contributed by atoms with E-state index in [0.29, 0.717) is 92.3 Å². The van der Waals surface area contributed by atoms with Gasteiger partial charge in [0, 0.05) is 6.42 Å². The van der Waals surface area contributed by atoms with E-state index in [1.165, 1.54) is 0 Å². The van der Waals surface area contributed by atoms with E-state index in [2.05, 4.69) is 6.92 Å². The van der Waals surface area contributed by atoms with Crippen LogP contribution in [0, 0.1) is 0 Å². The molecule has 0 radical (unpaired) electrons. The van der Waals surface area contributed by atoms with Gasteiger partial charge >= 0.3 is 11.9 Å². The Labute approximate surface area is 229 Å². The van der Waals surface area contributed by atoms with Gasteiger partial charge in [0.2, 0.25) is 0 Å². The summed E-state index contributed by atoms with van der Waals surface area (Å²) in [6.07, 6.45) is 4.75. The molecule has 11 nitrogen and oxygen atoms in total. The van der Waals surface area contributed by atoms with E-state index in [-0.39, 0.29) is 25.2 Å². The average Bonchev–Trinajstić information content (AvgIpc) is 2.86. The molecule has 0 spiro atoms. The molecule has 0 aliphatic carbocycles. The number of carbonyl (C=O) groups is 2. The van der Waals surface area contributed by atoms with Crippen LogP contribution in [-0.2, 0) is 52.2 Å². The quantitative estimate of drug-likeness (QED) is 0.105. The Bertz CT molecular complexity index is 538. The van der Waals surface area contributed by atoms with Crippen molar-refractivity contribution in [2.75, 3.05) is 99.1 Å². The number of unbranched alkanes of at least 4 members (excludes halogenated alkanes) is 3. The highest BCUT2D eigenvalue weighted by Gasteiger charge is 2.15. The van der Waals surface area contributed by atoms with Crippen LogP contribution >= 0.6 is 0 Å². The van der Waals surface area contributed by atoms with E-state index in [1.54, 1.807) is 0 Å². The van der Waals surface area contributed by atoms with Crippen LogP contribution in [0.4, 0.5) is 0 Å². The molecule has 0 fully saturated rings. The zero-order chi connectivity index (χ0) is 28.2. The largest absolute Gasteiger partial charge is 0.463 e. The highest BCUT2D eigenvalue weighted by Crippen LogP contribution is 2.06. The van der Waals surface area contributed by atoms with Gasteiger partial charge < -0.3 is 42.6 Å². The van der Waals surface area contributed by atoms with Gasteiger partial charge in [-0.05, 0) is 27.2 Å². The van der Waals surface area contributed by atoms with Crippen LogP contribution in [-0.4, -0.2) is 117 Å². The van der Waals surface area contributed by atoms with Gasteiger partial charge in [-0.25, -0.2) is 4.79 Å². The SMILES string of the molecule is CCCCCCC(=O)OCCOCCOCCOCCOCCOCCOCCOCC(=O)OC(C)(C)C. The fraction of sp³-hybridized carbons (Fsp3) is 0.926. The molecule has 11 heteroatoms. The minimum atomic E-state index is -0.509. The molecule has 0 aliphatic heterocycles. The summed E-state index contributed by atoms with van der Waals surface area (Å²) in [4.78, 5) is 23.0. The summed E-state index contributed by atoms with van der Waals surface area (Å²) in [6, 6.07) is 0. The molecule has 0 saturated carbocycles. The van der Waals surface area contributed by atoms with Gasteiger partial charge in [0.1, 0.15) is 18.8 Å². The fourth-order valence-corrected chi connectivity index (χ4v) is 2.83. The molecule has 0 unspecified atom stereocenters. The highest BCUT2D eigenvalue weighted by atomic mass is 16.6. The Morgan fingerprint density at radius 1 is 0.500 bits per heavy atom. The van der Waals surface area contributed by atoms with Crippen LogP contribution in [0.15, 0.2) is 0 Å². The lowest BCUT2D eigenvalue weighted by Gasteiger charge is -2.19. The zero-order valence-electron chi connectivity index (χ0n) is 24.1. The molecule has 0 aromatic heterocycles. The van der Waals surface area contributed by atoms with E-state index in [0.717, 1.165) is 25.7 Å². The Hall–Kier alpha value is -1.34. The third-order valence-corrected chi connectivity index (χ3v) is 4.60. The topological polar surface area (TPSA) is 117 Å². The Kier molecular flexibility index (Phi) is 26.3. The van der Waals surface area contributed by atoms with Crippen molar-refractivity contribution >= 4 is 11.9 Å². The third-order valence-electron chi connectivity index (χ3n) is 4.60. The number of hydrogen-bond acceptors (Lipinski definition) is 11. The van der Waals surface area contributed by atoms with Crippen LogP contribution in [0.2, 0.25) is 0 Å². The number of rotatable bonds is 28. The first-order valence-electron chi connectivity index (χ1n) is 13.8. The Morgan fingerprint density at radius 2 is 0.895 bits per heavy atom. The Morgan fingerprint density at radius 3 is 1.29 bits per heavy atom. The lowest BCUT2D eigenvalue weighted by Crippen LogP contribution is -2.27. The van der Waals surface area contributed by atoms with Crippen LogP contribution < -0.4 is 0 Å². The first kappa shape index (κ1) is 36.7. The molecule has 38 heavy (non-hydrogen) atoms. The van der Waals surface area contributed by atoms with Crippen LogP contribution in [0.25, 0.3) is 0 Å². The maximum atomic E-state index is 11.5. The van der Waals surface area contributed by atoms with Gasteiger partial charge in [-0.2, -0.15) is 0 Å². The van der Waals surface area contributed by atoms with Crippen molar-refractivity contribution in [2.24, 2.45) is 0 Å². The van der Waals surface area contributed by atoms with Gasteiger partial charge in [-0.1, -0.05) is 26.2 Å². The van der Waals surface area contributed by atoms with Gasteiger partial charge in [0.25, 0.3) is 0 Å². The molecule has 0 aliphatic rings. The lowest BCUT2D eigenvalue weighted by atomic mass is 10.2. The number of hydrogen-bond donors (Lipinski definition) is 0. The summed E-state index contributed by atoms with van der Waals surface area (Å²) in [5.41, 5.74) is -0.509. The van der Waals surface area contributed by atoms with Crippen molar-refractivity contribution in [3.63, 3.8) is 0 Å². The van der Waals surface area contributed by atoms with Gasteiger partial charge in [-0.15, -0.1) is 0 Å². The van der Waals surface area contributed by atoms with Crippen molar-refractivity contribution in [3.8, 4) is 0 Å². The van der Waals surface area contributed by atoms with Crippen LogP contribution in [0.1, 0.15) is 59.8 Å². The summed E-state index contributed by atoms with van der Waals surface area (Å²) in [7, 11) is 0. The second kappa shape index (κ2) is 27.2. The molecule has 0 bridgehead atoms. The molecule has 0 amide bonds. The molecule has 0 aromatic rings. The van der Waals surface area contributed by atoms with E-state index in [9.17, 15) is 9.59 Å². The van der Waals surface area contributed by atoms with E-state index in [4.69, 9.17) is 42.6 Å². The molecule has 0 N–H and O–H groups in total. The monoisotopic (exact) mass is 552 g/mol. The van der Waals surface area contributed by atoms with Crippen molar-refractivity contribution < 1.29 is 52.2 Å². The van der Waals surface area contributed by atoms with Crippen LogP contribution in [0.5, 0.6) is 0 Å². The molecule has 0 atom stereocenters. The first-order valence-corrected chi connectivity index (χ1v) is 13.8. The normalized spacial score (nSPS) is 11.6. The van der Waals surface area contributed by atoms with Gasteiger partial charge in [0.15, 0.2) is 0 Å². The van der Waals surface area contributed by atoms with E-state index in [1.807, 2.05) is 20.8 Å². The van der Waals surface area contributed by atoms with Crippen molar-refractivity contribution in [1.82, 2.24) is 0 Å². The molecular formula is C27H52O11. The van der Waals surface area contributed by atoms with Crippen molar-refractivity contribution in [2.45, 2.75) is 65.4 Å². The third kappa shape index (κ3) is 30.9. The zero-order valence-corrected chi connectivity index (χ0v) is 24.1. The number of ether oxygens (including phenoxy) is 9. The van der Waals surface area contributed by atoms with Crippen LogP contribution in [0.3, 0.4) is 0 Å². The molecule has 0 rings (SSSR count). The summed E-state index contributed by atoms with van der Waals surface area (Å²) >= 11 is 0. The summed E-state index contributed by atoms with van der Waals surface area (Å²) < 4.78 is 47.9. The summed E-state index contributed by atoms with van der Waals surface area (Å²) in [6.45, 7) is 13.5. The summed E-state index contributed by atoms with van der Waals surface area (Å²) in [5, 5.41) is 0. The first-order chi connectivity index (χ1) is 18.3.